The molecule has 4 rings (SSSR count). The summed E-state index contributed by atoms with van der Waals surface area (Å²) in [5.41, 5.74) is 1.71. The highest BCUT2D eigenvalue weighted by atomic mass is 32.1. The number of para-hydroxylation sites is 1. The van der Waals surface area contributed by atoms with Crippen LogP contribution in [0.3, 0.4) is 0 Å². The summed E-state index contributed by atoms with van der Waals surface area (Å²) >= 11 is 1.51. The molecule has 5 heteroatoms. The Morgan fingerprint density at radius 1 is 1.00 bits per heavy atom. The van der Waals surface area contributed by atoms with Crippen LogP contribution in [0.25, 0.3) is 21.0 Å². The van der Waals surface area contributed by atoms with Gasteiger partial charge in [0.25, 0.3) is 0 Å². The predicted octanol–water partition coefficient (Wildman–Crippen LogP) is 4.89. The Kier molecular flexibility index (Phi) is 3.20. The second kappa shape index (κ2) is 5.37. The van der Waals surface area contributed by atoms with Gasteiger partial charge in [0.15, 0.2) is 5.13 Å². The molecule has 0 aliphatic carbocycles. The Morgan fingerprint density at radius 3 is 2.65 bits per heavy atom. The van der Waals surface area contributed by atoms with Gasteiger partial charge in [0.1, 0.15) is 0 Å². The fourth-order valence-electron chi connectivity index (χ4n) is 2.61. The zero-order chi connectivity index (χ0) is 15.8. The van der Waals surface area contributed by atoms with Crippen LogP contribution in [-0.4, -0.2) is 16.1 Å². The molecule has 2 N–H and O–H groups in total. The molecule has 0 spiro atoms. The lowest BCUT2D eigenvalue weighted by molar-refractivity contribution is 0.0698. The van der Waals surface area contributed by atoms with Gasteiger partial charge in [-0.05, 0) is 23.6 Å². The maximum Gasteiger partial charge on any atom is 0.337 e. The summed E-state index contributed by atoms with van der Waals surface area (Å²) in [5, 5.41) is 15.3. The Hall–Kier alpha value is -2.92. The van der Waals surface area contributed by atoms with Crippen LogP contribution in [0.1, 0.15) is 10.4 Å². The monoisotopic (exact) mass is 320 g/mol. The van der Waals surface area contributed by atoms with Crippen molar-refractivity contribution in [3.05, 3.63) is 66.2 Å². The van der Waals surface area contributed by atoms with E-state index in [1.165, 1.54) is 11.3 Å². The zero-order valence-electron chi connectivity index (χ0n) is 12.0. The van der Waals surface area contributed by atoms with Crippen molar-refractivity contribution in [1.29, 1.82) is 0 Å². The first kappa shape index (κ1) is 13.7. The Labute approximate surface area is 136 Å². The molecule has 4 aromatic rings. The number of fused-ring (bicyclic) bond motifs is 3. The van der Waals surface area contributed by atoms with Gasteiger partial charge in [-0.15, -0.1) is 0 Å². The molecule has 4 nitrogen and oxygen atoms in total. The first-order chi connectivity index (χ1) is 11.2. The Bertz CT molecular complexity index is 1040. The van der Waals surface area contributed by atoms with Crippen molar-refractivity contribution < 1.29 is 9.90 Å². The number of aromatic carboxylic acids is 1. The average Bonchev–Trinajstić information content (AvgIpc) is 2.98. The average molecular weight is 320 g/mol. The van der Waals surface area contributed by atoms with Crippen molar-refractivity contribution in [2.75, 3.05) is 5.32 Å². The highest BCUT2D eigenvalue weighted by molar-refractivity contribution is 7.22. The van der Waals surface area contributed by atoms with Crippen LogP contribution < -0.4 is 5.32 Å². The Morgan fingerprint density at radius 2 is 1.78 bits per heavy atom. The molecule has 0 saturated carbocycles. The first-order valence-electron chi connectivity index (χ1n) is 7.10. The molecule has 0 fully saturated rings. The second-order valence-electron chi connectivity index (χ2n) is 5.13. The lowest BCUT2D eigenvalue weighted by atomic mass is 10.1. The van der Waals surface area contributed by atoms with Gasteiger partial charge in [0.2, 0.25) is 0 Å². The molecule has 0 atom stereocenters. The molecular formula is C18H12N2O2S. The number of hydrogen-bond acceptors (Lipinski definition) is 4. The van der Waals surface area contributed by atoms with Crippen LogP contribution in [0.15, 0.2) is 60.7 Å². The number of thiazole rings is 1. The van der Waals surface area contributed by atoms with E-state index in [-0.39, 0.29) is 5.56 Å². The first-order valence-corrected chi connectivity index (χ1v) is 7.92. The van der Waals surface area contributed by atoms with E-state index in [9.17, 15) is 9.90 Å². The van der Waals surface area contributed by atoms with Crippen molar-refractivity contribution in [3.63, 3.8) is 0 Å². The van der Waals surface area contributed by atoms with Gasteiger partial charge < -0.3 is 10.4 Å². The third-order valence-electron chi connectivity index (χ3n) is 3.68. The minimum Gasteiger partial charge on any atom is -0.478 e. The van der Waals surface area contributed by atoms with E-state index in [1.54, 1.807) is 24.3 Å². The summed E-state index contributed by atoms with van der Waals surface area (Å²) < 4.78 is 1.07. The zero-order valence-corrected chi connectivity index (χ0v) is 12.8. The molecule has 0 unspecified atom stereocenters. The van der Waals surface area contributed by atoms with E-state index in [0.29, 0.717) is 10.8 Å². The fraction of sp³-hybridized carbons (Fsp3) is 0. The summed E-state index contributed by atoms with van der Waals surface area (Å²) in [4.78, 5) is 16.0. The molecule has 0 aliphatic heterocycles. The van der Waals surface area contributed by atoms with Crippen molar-refractivity contribution in [2.24, 2.45) is 0 Å². The maximum atomic E-state index is 11.3. The van der Waals surface area contributed by atoms with E-state index in [0.717, 1.165) is 21.0 Å². The van der Waals surface area contributed by atoms with Crippen LogP contribution in [0.4, 0.5) is 10.8 Å². The number of hydrogen-bond donors (Lipinski definition) is 2. The van der Waals surface area contributed by atoms with Crippen molar-refractivity contribution >= 4 is 49.1 Å². The smallest absolute Gasteiger partial charge is 0.337 e. The second-order valence-corrected chi connectivity index (χ2v) is 6.16. The number of benzene rings is 3. The highest BCUT2D eigenvalue weighted by Gasteiger charge is 2.12. The lowest BCUT2D eigenvalue weighted by Gasteiger charge is -2.05. The summed E-state index contributed by atoms with van der Waals surface area (Å²) in [7, 11) is 0. The number of anilines is 2. The minimum absolute atomic E-state index is 0.233. The maximum absolute atomic E-state index is 11.3. The summed E-state index contributed by atoms with van der Waals surface area (Å²) in [6.07, 6.45) is 0. The largest absolute Gasteiger partial charge is 0.478 e. The third-order valence-corrected chi connectivity index (χ3v) is 4.62. The van der Waals surface area contributed by atoms with Crippen molar-refractivity contribution in [1.82, 2.24) is 4.98 Å². The normalized spacial score (nSPS) is 11.0. The van der Waals surface area contributed by atoms with E-state index in [2.05, 4.69) is 22.4 Å². The lowest BCUT2D eigenvalue weighted by Crippen LogP contribution is -2.01. The molecule has 0 aliphatic rings. The third kappa shape index (κ3) is 2.41. The number of carbonyl (C=O) groups is 1. The molecule has 1 aromatic heterocycles. The quantitative estimate of drug-likeness (QED) is 0.564. The molecule has 0 saturated heterocycles. The standard InChI is InChI=1S/C18H12N2O2S/c21-17(22)13-7-3-4-8-14(13)19-18-20-16-12-6-2-1-5-11(12)9-10-15(16)23-18/h1-10H,(H,19,20)(H,21,22). The van der Waals surface area contributed by atoms with Gasteiger partial charge in [-0.2, -0.15) is 0 Å². The van der Waals surface area contributed by atoms with E-state index in [4.69, 9.17) is 0 Å². The molecule has 0 amide bonds. The summed E-state index contributed by atoms with van der Waals surface area (Å²) in [6, 6.07) is 19.1. The number of rotatable bonds is 3. The van der Waals surface area contributed by atoms with Crippen LogP contribution in [-0.2, 0) is 0 Å². The number of carboxylic acids is 1. The Balaban J connectivity index is 1.82. The summed E-state index contributed by atoms with van der Waals surface area (Å²) in [5.74, 6) is -0.959. The molecule has 23 heavy (non-hydrogen) atoms. The van der Waals surface area contributed by atoms with Crippen molar-refractivity contribution in [3.8, 4) is 0 Å². The van der Waals surface area contributed by atoms with Gasteiger partial charge in [-0.1, -0.05) is 53.8 Å². The molecule has 112 valence electrons. The molecule has 0 bridgehead atoms. The van der Waals surface area contributed by atoms with Crippen molar-refractivity contribution in [2.45, 2.75) is 0 Å². The van der Waals surface area contributed by atoms with Gasteiger partial charge in [-0.25, -0.2) is 9.78 Å². The topological polar surface area (TPSA) is 62.2 Å². The SMILES string of the molecule is O=C(O)c1ccccc1Nc1nc2c(ccc3ccccc32)s1. The molecular weight excluding hydrogens is 308 g/mol. The minimum atomic E-state index is -0.959. The van der Waals surface area contributed by atoms with Gasteiger partial charge in [-0.3, -0.25) is 0 Å². The number of aromatic nitrogens is 1. The number of nitrogens with zero attached hydrogens (tertiary/aromatic N) is 1. The van der Waals surface area contributed by atoms with Gasteiger partial charge in [0.05, 0.1) is 21.5 Å². The molecule has 1 heterocycles. The fourth-order valence-corrected chi connectivity index (χ4v) is 3.50. The van der Waals surface area contributed by atoms with Gasteiger partial charge >= 0.3 is 5.97 Å². The number of carboxylic acid groups (broad SMARTS) is 1. The van der Waals surface area contributed by atoms with E-state index < -0.39 is 5.97 Å². The summed E-state index contributed by atoms with van der Waals surface area (Å²) in [6.45, 7) is 0. The molecule has 0 radical (unpaired) electrons. The van der Waals surface area contributed by atoms with Gasteiger partial charge in [0, 0.05) is 5.39 Å². The van der Waals surface area contributed by atoms with E-state index in [1.807, 2.05) is 24.3 Å². The van der Waals surface area contributed by atoms with Crippen LogP contribution in [0, 0.1) is 0 Å². The predicted molar refractivity (Wildman–Crippen MR) is 93.8 cm³/mol. The van der Waals surface area contributed by atoms with E-state index >= 15 is 0 Å². The number of nitrogens with one attached hydrogen (secondary N) is 1. The van der Waals surface area contributed by atoms with Crippen LogP contribution in [0.5, 0.6) is 0 Å². The highest BCUT2D eigenvalue weighted by Crippen LogP contribution is 2.33. The molecule has 3 aromatic carbocycles. The van der Waals surface area contributed by atoms with Crippen LogP contribution >= 0.6 is 11.3 Å². The van der Waals surface area contributed by atoms with Crippen LogP contribution in [0.2, 0.25) is 0 Å².